The fraction of sp³-hybridized carbons (Fsp3) is 0.143. The summed E-state index contributed by atoms with van der Waals surface area (Å²) >= 11 is 11.5. The van der Waals surface area contributed by atoms with Crippen molar-refractivity contribution in [1.82, 2.24) is 19.3 Å². The molecule has 2 aromatic heterocycles. The van der Waals surface area contributed by atoms with Gasteiger partial charge in [-0.25, -0.2) is 13.1 Å². The van der Waals surface area contributed by atoms with E-state index < -0.39 is 34.0 Å². The summed E-state index contributed by atoms with van der Waals surface area (Å²) in [6.07, 6.45) is -3.51. The third kappa shape index (κ3) is 3.78. The topological polar surface area (TPSA) is 76.4 Å². The third-order valence-corrected chi connectivity index (χ3v) is 5.21. The van der Waals surface area contributed by atoms with Crippen molar-refractivity contribution >= 4 is 38.9 Å². The van der Waals surface area contributed by atoms with E-state index in [0.717, 1.165) is 10.5 Å². The largest absolute Gasteiger partial charge is 0.420 e. The van der Waals surface area contributed by atoms with Gasteiger partial charge in [-0.15, -0.1) is 10.2 Å². The Hall–Kier alpha value is -1.88. The smallest absolute Gasteiger partial charge is 0.283 e. The molecule has 3 rings (SSSR count). The second kappa shape index (κ2) is 6.69. The van der Waals surface area contributed by atoms with Crippen molar-refractivity contribution in [3.05, 3.63) is 58.0 Å². The molecule has 6 nitrogen and oxygen atoms in total. The molecular formula is C14H9Cl2F3N4O2S. The Morgan fingerprint density at radius 1 is 1.12 bits per heavy atom. The highest BCUT2D eigenvalue weighted by Crippen LogP contribution is 2.33. The van der Waals surface area contributed by atoms with Gasteiger partial charge in [0.2, 0.25) is 10.0 Å². The van der Waals surface area contributed by atoms with Crippen LogP contribution < -0.4 is 4.72 Å². The van der Waals surface area contributed by atoms with Crippen LogP contribution in [0.25, 0.3) is 5.65 Å². The predicted molar refractivity (Wildman–Crippen MR) is 88.5 cm³/mol. The number of pyridine rings is 1. The number of hydrogen-bond acceptors (Lipinski definition) is 4. The Labute approximate surface area is 155 Å². The summed E-state index contributed by atoms with van der Waals surface area (Å²) in [5.41, 5.74) is -1.54. The van der Waals surface area contributed by atoms with Gasteiger partial charge in [0.1, 0.15) is 5.56 Å². The molecule has 12 heteroatoms. The van der Waals surface area contributed by atoms with Crippen molar-refractivity contribution in [2.24, 2.45) is 0 Å². The van der Waals surface area contributed by atoms with Crippen molar-refractivity contribution < 1.29 is 21.6 Å². The monoisotopic (exact) mass is 424 g/mol. The molecule has 138 valence electrons. The van der Waals surface area contributed by atoms with Crippen LogP contribution in [0.4, 0.5) is 13.2 Å². The highest BCUT2D eigenvalue weighted by atomic mass is 35.5. The van der Waals surface area contributed by atoms with E-state index in [9.17, 15) is 21.6 Å². The van der Waals surface area contributed by atoms with Gasteiger partial charge >= 0.3 is 6.18 Å². The first kappa shape index (κ1) is 18.9. The number of hydrogen-bond donors (Lipinski definition) is 1. The molecule has 0 atom stereocenters. The molecular weight excluding hydrogens is 416 g/mol. The van der Waals surface area contributed by atoms with Gasteiger partial charge in [0.05, 0.1) is 16.5 Å². The lowest BCUT2D eigenvalue weighted by Gasteiger charge is -2.09. The van der Waals surface area contributed by atoms with Crippen LogP contribution in [-0.2, 0) is 22.7 Å². The Bertz CT molecular complexity index is 1080. The van der Waals surface area contributed by atoms with E-state index in [4.69, 9.17) is 23.2 Å². The lowest BCUT2D eigenvalue weighted by Crippen LogP contribution is -2.24. The lowest BCUT2D eigenvalue weighted by molar-refractivity contribution is -0.136. The number of nitrogens with one attached hydrogen (secondary N) is 1. The van der Waals surface area contributed by atoms with Gasteiger partial charge in [0.25, 0.3) is 0 Å². The lowest BCUT2D eigenvalue weighted by atomic mass is 10.2. The fourth-order valence-electron chi connectivity index (χ4n) is 2.21. The van der Waals surface area contributed by atoms with E-state index in [1.54, 1.807) is 0 Å². The molecule has 0 amide bonds. The fourth-order valence-corrected chi connectivity index (χ4v) is 3.70. The van der Waals surface area contributed by atoms with Crippen LogP contribution >= 0.6 is 23.2 Å². The quantitative estimate of drug-likeness (QED) is 0.694. The van der Waals surface area contributed by atoms with E-state index in [0.29, 0.717) is 0 Å². The van der Waals surface area contributed by atoms with Crippen molar-refractivity contribution in [2.45, 2.75) is 17.6 Å². The van der Waals surface area contributed by atoms with Gasteiger partial charge in [0, 0.05) is 11.2 Å². The minimum Gasteiger partial charge on any atom is -0.283 e. The van der Waals surface area contributed by atoms with E-state index in [1.807, 2.05) is 0 Å². The molecule has 0 aliphatic rings. The summed E-state index contributed by atoms with van der Waals surface area (Å²) in [5.74, 6) is -0.0568. The molecule has 0 fully saturated rings. The van der Waals surface area contributed by atoms with Gasteiger partial charge in [0.15, 0.2) is 11.5 Å². The maximum absolute atomic E-state index is 13.1. The number of rotatable bonds is 4. The summed E-state index contributed by atoms with van der Waals surface area (Å²) in [5, 5.41) is 7.15. The van der Waals surface area contributed by atoms with Gasteiger partial charge in [-0.3, -0.25) is 4.40 Å². The molecule has 0 aliphatic carbocycles. The van der Waals surface area contributed by atoms with Crippen LogP contribution in [0.2, 0.25) is 10.0 Å². The summed E-state index contributed by atoms with van der Waals surface area (Å²) in [7, 11) is -3.95. The standard InChI is InChI=1S/C14H9Cl2F3N4O2S/c15-8-2-1-3-10(4-8)26(24,25)20-6-12-21-22-13-11(14(17,18)19)5-9(16)7-23(12)13/h1-5,7,20H,6H2. The molecule has 0 saturated carbocycles. The molecule has 1 N–H and O–H groups in total. The Morgan fingerprint density at radius 2 is 1.85 bits per heavy atom. The molecule has 3 aromatic rings. The molecule has 26 heavy (non-hydrogen) atoms. The number of halogens is 5. The number of nitrogens with zero attached hydrogens (tertiary/aromatic N) is 3. The molecule has 0 saturated heterocycles. The molecule has 0 radical (unpaired) electrons. The molecule has 1 aromatic carbocycles. The molecule has 0 aliphatic heterocycles. The first-order valence-electron chi connectivity index (χ1n) is 6.93. The molecule has 2 heterocycles. The van der Waals surface area contributed by atoms with Crippen LogP contribution in [0.5, 0.6) is 0 Å². The van der Waals surface area contributed by atoms with Crippen LogP contribution in [0.15, 0.2) is 41.4 Å². The van der Waals surface area contributed by atoms with Gasteiger partial charge < -0.3 is 0 Å². The highest BCUT2D eigenvalue weighted by molar-refractivity contribution is 7.89. The molecule has 0 unspecified atom stereocenters. The molecule has 0 bridgehead atoms. The number of fused-ring (bicyclic) bond motifs is 1. The molecule has 0 spiro atoms. The number of benzene rings is 1. The summed E-state index contributed by atoms with van der Waals surface area (Å²) < 4.78 is 67.0. The van der Waals surface area contributed by atoms with Crippen molar-refractivity contribution in [1.29, 1.82) is 0 Å². The van der Waals surface area contributed by atoms with Crippen LogP contribution in [-0.4, -0.2) is 23.0 Å². The van der Waals surface area contributed by atoms with Gasteiger partial charge in [-0.2, -0.15) is 13.2 Å². The average Bonchev–Trinajstić information content (AvgIpc) is 2.94. The van der Waals surface area contributed by atoms with E-state index in [-0.39, 0.29) is 20.8 Å². The van der Waals surface area contributed by atoms with Gasteiger partial charge in [-0.1, -0.05) is 29.3 Å². The first-order chi connectivity index (χ1) is 12.1. The third-order valence-electron chi connectivity index (χ3n) is 3.37. The highest BCUT2D eigenvalue weighted by Gasteiger charge is 2.35. The van der Waals surface area contributed by atoms with E-state index in [2.05, 4.69) is 14.9 Å². The summed E-state index contributed by atoms with van der Waals surface area (Å²) in [6.45, 7) is -0.395. The van der Waals surface area contributed by atoms with Gasteiger partial charge in [-0.05, 0) is 24.3 Å². The number of alkyl halides is 3. The zero-order chi connectivity index (χ0) is 19.1. The zero-order valence-corrected chi connectivity index (χ0v) is 15.0. The summed E-state index contributed by atoms with van der Waals surface area (Å²) in [6, 6.07) is 6.26. The van der Waals surface area contributed by atoms with Crippen molar-refractivity contribution in [2.75, 3.05) is 0 Å². The van der Waals surface area contributed by atoms with E-state index >= 15 is 0 Å². The maximum atomic E-state index is 13.1. The normalized spacial score (nSPS) is 12.7. The van der Waals surface area contributed by atoms with Crippen LogP contribution in [0, 0.1) is 0 Å². The van der Waals surface area contributed by atoms with Crippen molar-refractivity contribution in [3.8, 4) is 0 Å². The Morgan fingerprint density at radius 3 is 2.50 bits per heavy atom. The predicted octanol–water partition coefficient (Wildman–Crippen LogP) is 3.53. The zero-order valence-electron chi connectivity index (χ0n) is 12.6. The second-order valence-corrected chi connectivity index (χ2v) is 7.80. The average molecular weight is 425 g/mol. The Kier molecular flexibility index (Phi) is 4.86. The Balaban J connectivity index is 1.94. The SMILES string of the molecule is O=S(=O)(NCc1nnc2c(C(F)(F)F)cc(Cl)cn12)c1cccc(Cl)c1. The second-order valence-electron chi connectivity index (χ2n) is 5.16. The minimum atomic E-state index is -4.68. The van der Waals surface area contributed by atoms with Crippen molar-refractivity contribution in [3.63, 3.8) is 0 Å². The van der Waals surface area contributed by atoms with E-state index in [1.165, 1.54) is 30.5 Å². The number of sulfonamides is 1. The minimum absolute atomic E-state index is 0.0568. The first-order valence-corrected chi connectivity index (χ1v) is 9.17. The van der Waals surface area contributed by atoms with Crippen LogP contribution in [0.1, 0.15) is 11.4 Å². The summed E-state index contributed by atoms with van der Waals surface area (Å²) in [4.78, 5) is -0.0900. The van der Waals surface area contributed by atoms with Crippen LogP contribution in [0.3, 0.4) is 0 Å². The number of aromatic nitrogens is 3. The maximum Gasteiger partial charge on any atom is 0.420 e.